The summed E-state index contributed by atoms with van der Waals surface area (Å²) in [6.45, 7) is 9.07. The van der Waals surface area contributed by atoms with Gasteiger partial charge in [0.1, 0.15) is 5.82 Å². The molecule has 6 heteroatoms. The number of carbonyl (C=O) groups excluding carboxylic acids is 1. The van der Waals surface area contributed by atoms with Crippen LogP contribution in [-0.4, -0.2) is 29.7 Å². The van der Waals surface area contributed by atoms with Crippen molar-refractivity contribution < 1.29 is 14.3 Å². The van der Waals surface area contributed by atoms with Crippen molar-refractivity contribution in [2.24, 2.45) is 0 Å². The molecule has 3 aromatic carbocycles. The molecule has 0 fully saturated rings. The minimum atomic E-state index is -0.306. The number of methoxy groups -OCH3 is 2. The fourth-order valence-electron chi connectivity index (χ4n) is 4.53. The highest BCUT2D eigenvalue weighted by molar-refractivity contribution is 5.95. The van der Waals surface area contributed by atoms with E-state index >= 15 is 0 Å². The van der Waals surface area contributed by atoms with E-state index in [1.54, 1.807) is 32.4 Å². The Bertz CT molecular complexity index is 1330. The Hall–Kier alpha value is -3.80. The van der Waals surface area contributed by atoms with Crippen molar-refractivity contribution in [3.8, 4) is 11.5 Å². The third kappa shape index (κ3) is 4.49. The number of imidazole rings is 1. The summed E-state index contributed by atoms with van der Waals surface area (Å²) < 4.78 is 12.8. The zero-order valence-corrected chi connectivity index (χ0v) is 20.6. The van der Waals surface area contributed by atoms with Gasteiger partial charge < -0.3 is 19.4 Å². The molecule has 176 valence electrons. The van der Waals surface area contributed by atoms with Gasteiger partial charge in [-0.25, -0.2) is 4.98 Å². The Morgan fingerprint density at radius 3 is 2.32 bits per heavy atom. The lowest BCUT2D eigenvalue weighted by atomic mass is 9.99. The first kappa shape index (κ1) is 23.4. The molecule has 1 atom stereocenters. The first-order valence-corrected chi connectivity index (χ1v) is 11.4. The van der Waals surface area contributed by atoms with E-state index in [2.05, 4.69) is 48.9 Å². The molecular formula is C28H31N3O3. The van der Waals surface area contributed by atoms with Gasteiger partial charge in [-0.15, -0.1) is 0 Å². The fourth-order valence-corrected chi connectivity index (χ4v) is 4.53. The van der Waals surface area contributed by atoms with Gasteiger partial charge in [0, 0.05) is 12.1 Å². The monoisotopic (exact) mass is 457 g/mol. The van der Waals surface area contributed by atoms with E-state index in [0.717, 1.165) is 16.9 Å². The van der Waals surface area contributed by atoms with Crippen LogP contribution >= 0.6 is 0 Å². The molecule has 1 unspecified atom stereocenters. The van der Waals surface area contributed by atoms with E-state index in [-0.39, 0.29) is 11.9 Å². The van der Waals surface area contributed by atoms with E-state index in [4.69, 9.17) is 14.5 Å². The molecule has 1 amide bonds. The second kappa shape index (κ2) is 9.59. The Morgan fingerprint density at radius 2 is 1.65 bits per heavy atom. The quantitative estimate of drug-likeness (QED) is 0.397. The third-order valence-corrected chi connectivity index (χ3v) is 6.22. The van der Waals surface area contributed by atoms with Gasteiger partial charge in [-0.05, 0) is 74.7 Å². The van der Waals surface area contributed by atoms with Crippen molar-refractivity contribution in [2.45, 2.75) is 40.3 Å². The number of rotatable bonds is 7. The van der Waals surface area contributed by atoms with Crippen LogP contribution in [0.5, 0.6) is 11.5 Å². The van der Waals surface area contributed by atoms with Crippen LogP contribution in [0.2, 0.25) is 0 Å². The maximum absolute atomic E-state index is 13.1. The summed E-state index contributed by atoms with van der Waals surface area (Å²) >= 11 is 0. The standard InChI is InChI=1S/C28H31N3O3/c1-17-13-18(2)22(19(3)14-17)16-31-24-10-8-7-9-23(24)30-27(31)20(4)29-28(32)21-11-12-25(33-5)26(15-21)34-6/h7-15,20H,16H2,1-6H3,(H,29,32). The van der Waals surface area contributed by atoms with Crippen LogP contribution in [0.4, 0.5) is 0 Å². The van der Waals surface area contributed by atoms with Gasteiger partial charge in [0.15, 0.2) is 11.5 Å². The van der Waals surface area contributed by atoms with Gasteiger partial charge in [-0.1, -0.05) is 29.8 Å². The molecule has 0 aliphatic heterocycles. The number of aromatic nitrogens is 2. The highest BCUT2D eigenvalue weighted by Gasteiger charge is 2.21. The molecule has 0 saturated carbocycles. The van der Waals surface area contributed by atoms with Crippen molar-refractivity contribution in [1.29, 1.82) is 0 Å². The molecule has 0 saturated heterocycles. The average molecular weight is 458 g/mol. The molecule has 1 N–H and O–H groups in total. The van der Waals surface area contributed by atoms with E-state index < -0.39 is 0 Å². The number of fused-ring (bicyclic) bond motifs is 1. The zero-order chi connectivity index (χ0) is 24.4. The van der Waals surface area contributed by atoms with Gasteiger partial charge in [-0.2, -0.15) is 0 Å². The summed E-state index contributed by atoms with van der Waals surface area (Å²) in [6.07, 6.45) is 0. The molecule has 4 rings (SSSR count). The molecule has 1 heterocycles. The predicted molar refractivity (Wildman–Crippen MR) is 135 cm³/mol. The van der Waals surface area contributed by atoms with E-state index in [1.807, 2.05) is 25.1 Å². The van der Waals surface area contributed by atoms with Crippen LogP contribution in [-0.2, 0) is 6.54 Å². The molecule has 1 aromatic heterocycles. The largest absolute Gasteiger partial charge is 0.493 e. The number of amides is 1. The average Bonchev–Trinajstić information content (AvgIpc) is 3.19. The van der Waals surface area contributed by atoms with Crippen LogP contribution in [0.25, 0.3) is 11.0 Å². The summed E-state index contributed by atoms with van der Waals surface area (Å²) in [5, 5.41) is 3.11. The van der Waals surface area contributed by atoms with Gasteiger partial charge in [0.25, 0.3) is 5.91 Å². The second-order valence-corrected chi connectivity index (χ2v) is 8.69. The Kier molecular flexibility index (Phi) is 6.59. The lowest BCUT2D eigenvalue weighted by Crippen LogP contribution is -2.29. The second-order valence-electron chi connectivity index (χ2n) is 8.69. The number of hydrogen-bond acceptors (Lipinski definition) is 4. The molecule has 34 heavy (non-hydrogen) atoms. The summed E-state index contributed by atoms with van der Waals surface area (Å²) in [6, 6.07) is 17.3. The highest BCUT2D eigenvalue weighted by Crippen LogP contribution is 2.29. The third-order valence-electron chi connectivity index (χ3n) is 6.22. The summed E-state index contributed by atoms with van der Waals surface area (Å²) in [4.78, 5) is 18.0. The van der Waals surface area contributed by atoms with Gasteiger partial charge >= 0.3 is 0 Å². The van der Waals surface area contributed by atoms with Crippen molar-refractivity contribution in [3.05, 3.63) is 88.2 Å². The van der Waals surface area contributed by atoms with Crippen LogP contribution in [0, 0.1) is 20.8 Å². The van der Waals surface area contributed by atoms with Crippen LogP contribution in [0.15, 0.2) is 54.6 Å². The molecule has 0 spiro atoms. The molecule has 0 aliphatic rings. The molecule has 4 aromatic rings. The lowest BCUT2D eigenvalue weighted by Gasteiger charge is -2.19. The Morgan fingerprint density at radius 1 is 0.971 bits per heavy atom. The normalized spacial score (nSPS) is 11.9. The SMILES string of the molecule is COc1ccc(C(=O)NC(C)c2nc3ccccc3n2Cc2c(C)cc(C)cc2C)cc1OC. The van der Waals surface area contributed by atoms with Crippen molar-refractivity contribution in [2.75, 3.05) is 14.2 Å². The summed E-state index contributed by atoms with van der Waals surface area (Å²) in [5.41, 5.74) is 7.48. The number of carbonyl (C=O) groups is 1. The van der Waals surface area contributed by atoms with Gasteiger partial charge in [0.2, 0.25) is 0 Å². The number of nitrogens with one attached hydrogen (secondary N) is 1. The highest BCUT2D eigenvalue weighted by atomic mass is 16.5. The van der Waals surface area contributed by atoms with Crippen LogP contribution in [0.1, 0.15) is 51.4 Å². The van der Waals surface area contributed by atoms with Crippen molar-refractivity contribution >= 4 is 16.9 Å². The number of benzene rings is 3. The zero-order valence-electron chi connectivity index (χ0n) is 20.6. The summed E-state index contributed by atoms with van der Waals surface area (Å²) in [5.74, 6) is 1.71. The molecule has 0 aliphatic carbocycles. The maximum atomic E-state index is 13.1. The van der Waals surface area contributed by atoms with Crippen LogP contribution < -0.4 is 14.8 Å². The Labute approximate surface area is 200 Å². The van der Waals surface area contributed by atoms with Crippen molar-refractivity contribution in [1.82, 2.24) is 14.9 Å². The first-order chi connectivity index (χ1) is 16.3. The van der Waals surface area contributed by atoms with Gasteiger partial charge in [-0.3, -0.25) is 4.79 Å². The molecule has 6 nitrogen and oxygen atoms in total. The van der Waals surface area contributed by atoms with E-state index in [9.17, 15) is 4.79 Å². The van der Waals surface area contributed by atoms with E-state index in [1.165, 1.54) is 22.3 Å². The van der Waals surface area contributed by atoms with Gasteiger partial charge in [0.05, 0.1) is 31.3 Å². The lowest BCUT2D eigenvalue weighted by molar-refractivity contribution is 0.0937. The topological polar surface area (TPSA) is 65.4 Å². The summed E-state index contributed by atoms with van der Waals surface area (Å²) in [7, 11) is 3.13. The molecule has 0 bridgehead atoms. The predicted octanol–water partition coefficient (Wildman–Crippen LogP) is 5.52. The number of para-hydroxylation sites is 2. The molecular weight excluding hydrogens is 426 g/mol. The van der Waals surface area contributed by atoms with Crippen molar-refractivity contribution in [3.63, 3.8) is 0 Å². The Balaban J connectivity index is 1.69. The number of hydrogen-bond donors (Lipinski definition) is 1. The number of ether oxygens (including phenoxy) is 2. The maximum Gasteiger partial charge on any atom is 0.251 e. The molecule has 0 radical (unpaired) electrons. The fraction of sp³-hybridized carbons (Fsp3) is 0.286. The smallest absolute Gasteiger partial charge is 0.251 e. The van der Waals surface area contributed by atoms with Crippen LogP contribution in [0.3, 0.4) is 0 Å². The van der Waals surface area contributed by atoms with E-state index in [0.29, 0.717) is 23.6 Å². The minimum absolute atomic E-state index is 0.199. The first-order valence-electron chi connectivity index (χ1n) is 11.4. The minimum Gasteiger partial charge on any atom is -0.493 e. The number of nitrogens with zero attached hydrogens (tertiary/aromatic N) is 2. The number of aryl methyl sites for hydroxylation is 3.